The number of aliphatic hydroxyl groups excluding tert-OH is 1. The molecule has 1 spiro atoms. The maximum Gasteiger partial charge on any atom is 0.119 e. The summed E-state index contributed by atoms with van der Waals surface area (Å²) in [5.74, 6) is 1.16. The van der Waals surface area contributed by atoms with Crippen molar-refractivity contribution in [2.75, 3.05) is 26.8 Å². The molecule has 3 atom stereocenters. The summed E-state index contributed by atoms with van der Waals surface area (Å²) < 4.78 is 11.5. The highest BCUT2D eigenvalue weighted by atomic mass is 16.5. The number of β-amino-alcohol motifs (C(OH)–C–C–N with tert-alkyl or cyclic N) is 1. The second kappa shape index (κ2) is 6.20. The highest BCUT2D eigenvalue weighted by molar-refractivity contribution is 5.32. The van der Waals surface area contributed by atoms with E-state index in [2.05, 4.69) is 27.2 Å². The Hall–Kier alpha value is -1.89. The largest absolute Gasteiger partial charge is 0.497 e. The average Bonchev–Trinajstić information content (AvgIpc) is 3.31. The van der Waals surface area contributed by atoms with E-state index in [0.29, 0.717) is 19.1 Å². The molecule has 0 bridgehead atoms. The standard InChI is InChI=1S/C18H23N3O3/c1-23-16-4-2-3-14(5-16)15-6-18(24-11-15)12-21(10-17(18)22)9-13-7-19-20-8-13/h2-5,7-8,15,17,22H,6,9-12H2,1H3,(H,19,20)/t15-,17+,18+/m0/s1. The molecular weight excluding hydrogens is 306 g/mol. The average molecular weight is 329 g/mol. The number of hydrogen-bond donors (Lipinski definition) is 2. The van der Waals surface area contributed by atoms with Crippen molar-refractivity contribution in [3.05, 3.63) is 47.8 Å². The monoisotopic (exact) mass is 329 g/mol. The number of H-pyrrole nitrogens is 1. The molecule has 2 saturated heterocycles. The molecular formula is C18H23N3O3. The molecule has 0 amide bonds. The number of aromatic amines is 1. The van der Waals surface area contributed by atoms with Crippen LogP contribution in [-0.4, -0.2) is 58.7 Å². The van der Waals surface area contributed by atoms with Gasteiger partial charge in [0.2, 0.25) is 0 Å². The van der Waals surface area contributed by atoms with E-state index in [0.717, 1.165) is 30.8 Å². The molecule has 6 nitrogen and oxygen atoms in total. The molecule has 0 saturated carbocycles. The van der Waals surface area contributed by atoms with E-state index in [1.165, 1.54) is 5.56 Å². The summed E-state index contributed by atoms with van der Waals surface area (Å²) in [5.41, 5.74) is 1.88. The molecule has 24 heavy (non-hydrogen) atoms. The first-order chi connectivity index (χ1) is 11.7. The lowest BCUT2D eigenvalue weighted by molar-refractivity contribution is -0.0594. The van der Waals surface area contributed by atoms with E-state index in [1.54, 1.807) is 7.11 Å². The number of nitrogens with zero attached hydrogens (tertiary/aromatic N) is 2. The Morgan fingerprint density at radius 1 is 1.50 bits per heavy atom. The molecule has 1 aromatic heterocycles. The molecule has 3 heterocycles. The van der Waals surface area contributed by atoms with Crippen molar-refractivity contribution >= 4 is 0 Å². The Bertz CT molecular complexity index is 691. The molecule has 2 aromatic rings. The summed E-state index contributed by atoms with van der Waals surface area (Å²) in [5, 5.41) is 17.4. The predicted octanol–water partition coefficient (Wildman–Crippen LogP) is 1.54. The second-order valence-corrected chi connectivity index (χ2v) is 6.85. The summed E-state index contributed by atoms with van der Waals surface area (Å²) in [6.07, 6.45) is 4.10. The number of rotatable bonds is 4. The van der Waals surface area contributed by atoms with Crippen molar-refractivity contribution in [3.8, 4) is 5.75 Å². The third-order valence-electron chi connectivity index (χ3n) is 5.22. The number of aliphatic hydroxyl groups is 1. The van der Waals surface area contributed by atoms with E-state index in [-0.39, 0.29) is 0 Å². The fourth-order valence-corrected chi connectivity index (χ4v) is 3.96. The SMILES string of the molecule is COc1cccc([C@@H]2CO[C@]3(C2)CN(Cc2cn[nH]c2)C[C@H]3O)c1. The Morgan fingerprint density at radius 3 is 3.21 bits per heavy atom. The smallest absolute Gasteiger partial charge is 0.119 e. The van der Waals surface area contributed by atoms with Crippen molar-refractivity contribution < 1.29 is 14.6 Å². The summed E-state index contributed by atoms with van der Waals surface area (Å²) in [4.78, 5) is 2.24. The van der Waals surface area contributed by atoms with Gasteiger partial charge in [0, 0.05) is 37.3 Å². The zero-order valence-electron chi connectivity index (χ0n) is 13.8. The molecule has 2 aliphatic rings. The van der Waals surface area contributed by atoms with Crippen LogP contribution >= 0.6 is 0 Å². The van der Waals surface area contributed by atoms with Crippen molar-refractivity contribution in [3.63, 3.8) is 0 Å². The van der Waals surface area contributed by atoms with Gasteiger partial charge in [0.05, 0.1) is 26.0 Å². The summed E-state index contributed by atoms with van der Waals surface area (Å²) in [6, 6.07) is 8.14. The number of likely N-dealkylation sites (tertiary alicyclic amines) is 1. The van der Waals surface area contributed by atoms with E-state index in [4.69, 9.17) is 9.47 Å². The van der Waals surface area contributed by atoms with Gasteiger partial charge in [-0.05, 0) is 24.1 Å². The zero-order valence-corrected chi connectivity index (χ0v) is 13.8. The van der Waals surface area contributed by atoms with Gasteiger partial charge in [-0.3, -0.25) is 10.00 Å². The van der Waals surface area contributed by atoms with Gasteiger partial charge in [-0.2, -0.15) is 5.10 Å². The number of aromatic nitrogens is 2. The Morgan fingerprint density at radius 2 is 2.42 bits per heavy atom. The van der Waals surface area contributed by atoms with Gasteiger partial charge >= 0.3 is 0 Å². The van der Waals surface area contributed by atoms with Crippen LogP contribution in [0.25, 0.3) is 0 Å². The van der Waals surface area contributed by atoms with Crippen LogP contribution in [0.5, 0.6) is 5.75 Å². The molecule has 2 aliphatic heterocycles. The van der Waals surface area contributed by atoms with Crippen molar-refractivity contribution in [1.29, 1.82) is 0 Å². The first-order valence-corrected chi connectivity index (χ1v) is 8.34. The number of nitrogens with one attached hydrogen (secondary N) is 1. The van der Waals surface area contributed by atoms with Crippen molar-refractivity contribution in [2.45, 2.75) is 30.6 Å². The molecule has 6 heteroatoms. The first kappa shape index (κ1) is 15.6. The van der Waals surface area contributed by atoms with E-state index < -0.39 is 11.7 Å². The first-order valence-electron chi connectivity index (χ1n) is 8.34. The van der Waals surface area contributed by atoms with Crippen molar-refractivity contribution in [1.82, 2.24) is 15.1 Å². The number of ether oxygens (including phenoxy) is 2. The number of benzene rings is 1. The third kappa shape index (κ3) is 2.81. The quantitative estimate of drug-likeness (QED) is 0.890. The normalized spacial score (nSPS) is 30.2. The van der Waals surface area contributed by atoms with Gasteiger partial charge in [-0.25, -0.2) is 0 Å². The summed E-state index contributed by atoms with van der Waals surface area (Å²) in [7, 11) is 1.68. The molecule has 4 rings (SSSR count). The minimum atomic E-state index is -0.461. The van der Waals surface area contributed by atoms with Crippen molar-refractivity contribution in [2.24, 2.45) is 0 Å². The minimum absolute atomic E-state index is 0.295. The summed E-state index contributed by atoms with van der Waals surface area (Å²) >= 11 is 0. The van der Waals surface area contributed by atoms with Crippen LogP contribution in [0, 0.1) is 0 Å². The molecule has 0 aliphatic carbocycles. The minimum Gasteiger partial charge on any atom is -0.497 e. The maximum atomic E-state index is 10.6. The van der Waals surface area contributed by atoms with Crippen LogP contribution in [0.3, 0.4) is 0 Å². The van der Waals surface area contributed by atoms with E-state index >= 15 is 0 Å². The lowest BCUT2D eigenvalue weighted by Gasteiger charge is -2.26. The van der Waals surface area contributed by atoms with E-state index in [9.17, 15) is 5.11 Å². The Kier molecular flexibility index (Phi) is 4.04. The summed E-state index contributed by atoms with van der Waals surface area (Å²) in [6.45, 7) is 2.81. The van der Waals surface area contributed by atoms with Gasteiger partial charge in [-0.15, -0.1) is 0 Å². The van der Waals surface area contributed by atoms with Gasteiger partial charge < -0.3 is 14.6 Å². The van der Waals surface area contributed by atoms with Crippen LogP contribution in [0.2, 0.25) is 0 Å². The molecule has 128 valence electrons. The van der Waals surface area contributed by atoms with Gasteiger partial charge in [0.25, 0.3) is 0 Å². The molecule has 0 radical (unpaired) electrons. The lowest BCUT2D eigenvalue weighted by Crippen LogP contribution is -2.41. The van der Waals surface area contributed by atoms with Gasteiger partial charge in [0.15, 0.2) is 0 Å². The Labute approximate surface area is 141 Å². The fraction of sp³-hybridized carbons (Fsp3) is 0.500. The van der Waals surface area contributed by atoms with Crippen LogP contribution in [0.4, 0.5) is 0 Å². The van der Waals surface area contributed by atoms with Gasteiger partial charge in [-0.1, -0.05) is 12.1 Å². The Balaban J connectivity index is 1.46. The van der Waals surface area contributed by atoms with Crippen LogP contribution in [-0.2, 0) is 11.3 Å². The molecule has 0 unspecified atom stereocenters. The highest BCUT2D eigenvalue weighted by Crippen LogP contribution is 2.43. The topological polar surface area (TPSA) is 70.6 Å². The highest BCUT2D eigenvalue weighted by Gasteiger charge is 2.52. The van der Waals surface area contributed by atoms with E-state index in [1.807, 2.05) is 24.5 Å². The van der Waals surface area contributed by atoms with Crippen LogP contribution in [0.15, 0.2) is 36.7 Å². The maximum absolute atomic E-state index is 10.6. The third-order valence-corrected chi connectivity index (χ3v) is 5.22. The predicted molar refractivity (Wildman–Crippen MR) is 88.9 cm³/mol. The molecule has 1 aromatic carbocycles. The second-order valence-electron chi connectivity index (χ2n) is 6.85. The fourth-order valence-electron chi connectivity index (χ4n) is 3.96. The number of methoxy groups -OCH3 is 1. The molecule has 2 N–H and O–H groups in total. The van der Waals surface area contributed by atoms with Crippen LogP contribution < -0.4 is 4.74 Å². The van der Waals surface area contributed by atoms with Crippen LogP contribution in [0.1, 0.15) is 23.5 Å². The lowest BCUT2D eigenvalue weighted by atomic mass is 9.87. The number of hydrogen-bond acceptors (Lipinski definition) is 5. The zero-order chi connectivity index (χ0) is 16.6. The molecule has 2 fully saturated rings. The van der Waals surface area contributed by atoms with Gasteiger partial charge in [0.1, 0.15) is 11.4 Å².